The average Bonchev–Trinajstić information content (AvgIpc) is 2.89. The zero-order valence-electron chi connectivity index (χ0n) is 11.6. The Morgan fingerprint density at radius 2 is 2.10 bits per heavy atom. The topological polar surface area (TPSA) is 62.6 Å². The van der Waals surface area contributed by atoms with Gasteiger partial charge >= 0.3 is 5.97 Å². The first kappa shape index (κ1) is 13.9. The molecule has 0 atom stereocenters. The SMILES string of the molecule is COC(=O)c1ccc(OC)c(OCc2nccn2C)c1. The summed E-state index contributed by atoms with van der Waals surface area (Å²) in [7, 11) is 4.76. The molecule has 1 aromatic heterocycles. The molecule has 0 fully saturated rings. The maximum Gasteiger partial charge on any atom is 0.337 e. The van der Waals surface area contributed by atoms with E-state index in [9.17, 15) is 4.79 Å². The lowest BCUT2D eigenvalue weighted by molar-refractivity contribution is 0.0600. The summed E-state index contributed by atoms with van der Waals surface area (Å²) in [5.74, 6) is 1.37. The predicted octanol–water partition coefficient (Wildman–Crippen LogP) is 1.79. The van der Waals surface area contributed by atoms with E-state index in [-0.39, 0.29) is 6.61 Å². The second kappa shape index (κ2) is 6.10. The molecule has 0 aliphatic carbocycles. The summed E-state index contributed by atoms with van der Waals surface area (Å²) >= 11 is 0. The first-order chi connectivity index (χ1) is 9.65. The van der Waals surface area contributed by atoms with Crippen LogP contribution < -0.4 is 9.47 Å². The van der Waals surface area contributed by atoms with E-state index in [1.165, 1.54) is 7.11 Å². The fourth-order valence-electron chi connectivity index (χ4n) is 1.71. The van der Waals surface area contributed by atoms with Crippen molar-refractivity contribution < 1.29 is 19.0 Å². The number of carbonyl (C=O) groups is 1. The minimum atomic E-state index is -0.422. The Morgan fingerprint density at radius 1 is 1.30 bits per heavy atom. The van der Waals surface area contributed by atoms with Crippen molar-refractivity contribution in [3.63, 3.8) is 0 Å². The molecule has 0 N–H and O–H groups in total. The lowest BCUT2D eigenvalue weighted by Gasteiger charge is -2.11. The molecule has 1 aromatic carbocycles. The highest BCUT2D eigenvalue weighted by molar-refractivity contribution is 5.90. The summed E-state index contributed by atoms with van der Waals surface area (Å²) in [5.41, 5.74) is 0.406. The average molecular weight is 276 g/mol. The lowest BCUT2D eigenvalue weighted by Crippen LogP contribution is -2.06. The summed E-state index contributed by atoms with van der Waals surface area (Å²) in [6.45, 7) is 0.282. The van der Waals surface area contributed by atoms with Crippen molar-refractivity contribution in [2.24, 2.45) is 7.05 Å². The molecule has 0 unspecified atom stereocenters. The van der Waals surface area contributed by atoms with Gasteiger partial charge in [-0.05, 0) is 18.2 Å². The number of hydrogen-bond donors (Lipinski definition) is 0. The third-order valence-electron chi connectivity index (χ3n) is 2.86. The quantitative estimate of drug-likeness (QED) is 0.779. The van der Waals surface area contributed by atoms with Crippen LogP contribution in [0.1, 0.15) is 16.2 Å². The van der Waals surface area contributed by atoms with E-state index in [4.69, 9.17) is 9.47 Å². The maximum atomic E-state index is 11.5. The predicted molar refractivity (Wildman–Crippen MR) is 71.9 cm³/mol. The fourth-order valence-corrected chi connectivity index (χ4v) is 1.71. The van der Waals surface area contributed by atoms with E-state index < -0.39 is 5.97 Å². The van der Waals surface area contributed by atoms with Crippen LogP contribution in [0.25, 0.3) is 0 Å². The Labute approximate surface area is 116 Å². The van der Waals surface area contributed by atoms with Gasteiger partial charge < -0.3 is 18.8 Å². The number of methoxy groups -OCH3 is 2. The standard InChI is InChI=1S/C14H16N2O4/c1-16-7-6-15-13(16)9-20-12-8-10(14(17)19-3)4-5-11(12)18-2/h4-8H,9H2,1-3H3. The zero-order valence-corrected chi connectivity index (χ0v) is 11.6. The largest absolute Gasteiger partial charge is 0.493 e. The molecule has 2 rings (SSSR count). The number of ether oxygens (including phenoxy) is 3. The number of aryl methyl sites for hydroxylation is 1. The molecule has 2 aromatic rings. The second-order valence-electron chi connectivity index (χ2n) is 4.10. The molecular formula is C14H16N2O4. The first-order valence-corrected chi connectivity index (χ1v) is 6.01. The van der Waals surface area contributed by atoms with Crippen molar-refractivity contribution >= 4 is 5.97 Å². The second-order valence-corrected chi connectivity index (χ2v) is 4.10. The van der Waals surface area contributed by atoms with Gasteiger partial charge in [0.1, 0.15) is 12.4 Å². The molecule has 20 heavy (non-hydrogen) atoms. The van der Waals surface area contributed by atoms with Gasteiger partial charge in [-0.1, -0.05) is 0 Å². The highest BCUT2D eigenvalue weighted by Crippen LogP contribution is 2.29. The van der Waals surface area contributed by atoms with Crippen molar-refractivity contribution in [1.29, 1.82) is 0 Å². The monoisotopic (exact) mass is 276 g/mol. The highest BCUT2D eigenvalue weighted by Gasteiger charge is 2.12. The summed E-state index contributed by atoms with van der Waals surface area (Å²) < 4.78 is 17.4. The van der Waals surface area contributed by atoms with Crippen molar-refractivity contribution in [2.75, 3.05) is 14.2 Å². The molecule has 0 bridgehead atoms. The van der Waals surface area contributed by atoms with E-state index in [0.717, 1.165) is 5.82 Å². The third kappa shape index (κ3) is 2.90. The molecule has 6 heteroatoms. The number of imidazole rings is 1. The number of carbonyl (C=O) groups excluding carboxylic acids is 1. The molecule has 0 radical (unpaired) electrons. The van der Waals surface area contributed by atoms with E-state index in [0.29, 0.717) is 17.1 Å². The fraction of sp³-hybridized carbons (Fsp3) is 0.286. The van der Waals surface area contributed by atoms with Gasteiger partial charge in [-0.15, -0.1) is 0 Å². The van der Waals surface area contributed by atoms with Crippen LogP contribution in [0.2, 0.25) is 0 Å². The van der Waals surface area contributed by atoms with Gasteiger partial charge in [-0.25, -0.2) is 9.78 Å². The molecule has 1 heterocycles. The Morgan fingerprint density at radius 3 is 2.70 bits per heavy atom. The summed E-state index contributed by atoms with van der Waals surface area (Å²) in [4.78, 5) is 15.7. The van der Waals surface area contributed by atoms with Crippen molar-refractivity contribution in [3.05, 3.63) is 42.0 Å². The summed E-state index contributed by atoms with van der Waals surface area (Å²) in [5, 5.41) is 0. The van der Waals surface area contributed by atoms with Crippen LogP contribution in [0.3, 0.4) is 0 Å². The van der Waals surface area contributed by atoms with Crippen LogP contribution in [0.4, 0.5) is 0 Å². The Balaban J connectivity index is 2.20. The number of esters is 1. The van der Waals surface area contributed by atoms with Gasteiger partial charge in [0.05, 0.1) is 19.8 Å². The van der Waals surface area contributed by atoms with Gasteiger partial charge in [0.15, 0.2) is 11.5 Å². The van der Waals surface area contributed by atoms with Crippen LogP contribution in [0.15, 0.2) is 30.6 Å². The molecule has 0 aliphatic rings. The Bertz CT molecular complexity index is 607. The zero-order chi connectivity index (χ0) is 14.5. The molecule has 6 nitrogen and oxygen atoms in total. The first-order valence-electron chi connectivity index (χ1n) is 6.01. The highest BCUT2D eigenvalue weighted by atomic mass is 16.5. The molecule has 0 saturated heterocycles. The van der Waals surface area contributed by atoms with Crippen LogP contribution in [0.5, 0.6) is 11.5 Å². The van der Waals surface area contributed by atoms with E-state index in [2.05, 4.69) is 9.72 Å². The number of hydrogen-bond acceptors (Lipinski definition) is 5. The maximum absolute atomic E-state index is 11.5. The van der Waals surface area contributed by atoms with Gasteiger partial charge in [0.25, 0.3) is 0 Å². The normalized spacial score (nSPS) is 10.2. The number of benzene rings is 1. The van der Waals surface area contributed by atoms with E-state index in [1.807, 2.05) is 17.8 Å². The minimum absolute atomic E-state index is 0.282. The van der Waals surface area contributed by atoms with E-state index in [1.54, 1.807) is 31.5 Å². The van der Waals surface area contributed by atoms with Gasteiger partial charge in [-0.3, -0.25) is 0 Å². The minimum Gasteiger partial charge on any atom is -0.493 e. The number of rotatable bonds is 5. The Hall–Kier alpha value is -2.50. The van der Waals surface area contributed by atoms with Crippen LogP contribution in [0, 0.1) is 0 Å². The number of aromatic nitrogens is 2. The molecule has 0 amide bonds. The van der Waals surface area contributed by atoms with Gasteiger partial charge in [0, 0.05) is 19.4 Å². The lowest BCUT2D eigenvalue weighted by atomic mass is 10.2. The van der Waals surface area contributed by atoms with Crippen molar-refractivity contribution in [3.8, 4) is 11.5 Å². The number of nitrogens with zero attached hydrogens (tertiary/aromatic N) is 2. The van der Waals surface area contributed by atoms with Crippen molar-refractivity contribution in [1.82, 2.24) is 9.55 Å². The molecule has 106 valence electrons. The van der Waals surface area contributed by atoms with Crippen LogP contribution in [-0.4, -0.2) is 29.7 Å². The van der Waals surface area contributed by atoms with Gasteiger partial charge in [0.2, 0.25) is 0 Å². The van der Waals surface area contributed by atoms with E-state index >= 15 is 0 Å². The van der Waals surface area contributed by atoms with Gasteiger partial charge in [-0.2, -0.15) is 0 Å². The summed E-state index contributed by atoms with van der Waals surface area (Å²) in [6.07, 6.45) is 3.53. The van der Waals surface area contributed by atoms with Crippen molar-refractivity contribution in [2.45, 2.75) is 6.61 Å². The van der Waals surface area contributed by atoms with Crippen LogP contribution in [-0.2, 0) is 18.4 Å². The Kier molecular flexibility index (Phi) is 4.24. The summed E-state index contributed by atoms with van der Waals surface area (Å²) in [6, 6.07) is 4.88. The molecule has 0 saturated carbocycles. The third-order valence-corrected chi connectivity index (χ3v) is 2.86. The molecule has 0 aliphatic heterocycles. The molecule has 0 spiro atoms. The van der Waals surface area contributed by atoms with Crippen LogP contribution >= 0.6 is 0 Å². The molecular weight excluding hydrogens is 260 g/mol. The smallest absolute Gasteiger partial charge is 0.337 e.